The van der Waals surface area contributed by atoms with Crippen molar-refractivity contribution in [3.8, 4) is 27.6 Å². The fourth-order valence-corrected chi connectivity index (χ4v) is 8.27. The Balaban J connectivity index is -0.0000000746. The molecular weight excluding hydrogens is 1230 g/mol. The van der Waals surface area contributed by atoms with Crippen molar-refractivity contribution in [3.05, 3.63) is 123 Å². The predicted octanol–water partition coefficient (Wildman–Crippen LogP) is 8.87. The van der Waals surface area contributed by atoms with Crippen molar-refractivity contribution in [3.63, 3.8) is 0 Å². The van der Waals surface area contributed by atoms with Crippen LogP contribution < -0.4 is 39.4 Å². The maximum Gasteiger partial charge on any atom is 4.00 e. The van der Waals surface area contributed by atoms with Gasteiger partial charge < -0.3 is 60.5 Å². The van der Waals surface area contributed by atoms with E-state index in [4.69, 9.17) is 49.6 Å². The van der Waals surface area contributed by atoms with Gasteiger partial charge in [-0.25, -0.2) is 70.7 Å². The summed E-state index contributed by atoms with van der Waals surface area (Å²) in [6.07, 6.45) is 26.7. The van der Waals surface area contributed by atoms with E-state index in [-0.39, 0.29) is 77.6 Å². The predicted molar refractivity (Wildman–Crippen MR) is 315 cm³/mol. The van der Waals surface area contributed by atoms with E-state index in [9.17, 15) is 0 Å². The van der Waals surface area contributed by atoms with Gasteiger partial charge in [0.25, 0.3) is 0 Å². The van der Waals surface area contributed by atoms with Crippen molar-refractivity contribution < 1.29 is 106 Å². The molecule has 0 aliphatic rings. The molecule has 0 N–H and O–H groups in total. The van der Waals surface area contributed by atoms with Gasteiger partial charge in [-0.05, 0) is 0 Å². The second-order valence-electron chi connectivity index (χ2n) is 23.7. The first-order valence-electron chi connectivity index (χ1n) is 22.4. The van der Waals surface area contributed by atoms with Gasteiger partial charge in [-0.3, -0.25) is 0 Å². The van der Waals surface area contributed by atoms with Gasteiger partial charge in [-0.1, -0.05) is 163 Å². The van der Waals surface area contributed by atoms with Gasteiger partial charge >= 0.3 is 77.6 Å². The number of halogens is 1. The van der Waals surface area contributed by atoms with Gasteiger partial charge in [0.15, 0.2) is 0 Å². The Kier molecular flexibility index (Phi) is 59.7. The number of nitriles is 1. The Bertz CT molecular complexity index is 1730. The standard InChI is InChI=1S/4C8H13Si.4C5H9Si.CHNS.ClHO4.2Cu.2Ti/c4*1-9(2,3)8-6-4-5-7-8;4*1-5-6(2,3)4;2-1-3;2-1(3,4)5;;;;/h4*4-7H,1-3H3;4*2-4H3;3H;(H,2,3,4,5);;;;/q8*-1;;;2*+1;2*+4/p-2. The quantitative estimate of drug-likeness (QED) is 0.0664. The summed E-state index contributed by atoms with van der Waals surface area (Å²) in [6.45, 7) is 53.4. The van der Waals surface area contributed by atoms with Crippen molar-refractivity contribution in [1.82, 2.24) is 0 Å². The molecule has 0 bridgehead atoms. The van der Waals surface area contributed by atoms with E-state index in [1.165, 1.54) is 5.40 Å². The average Bonchev–Trinajstić information content (AvgIpc) is 3.99. The monoisotopic (exact) mass is 1320 g/mol. The van der Waals surface area contributed by atoms with Crippen LogP contribution >= 0.6 is 0 Å². The number of thiocyanates is 1. The molecule has 404 valence electrons. The summed E-state index contributed by atoms with van der Waals surface area (Å²) in [5.41, 5.74) is 9.97. The third-order valence-electron chi connectivity index (χ3n) is 7.61. The Morgan fingerprint density at radius 1 is 0.431 bits per heavy atom. The molecule has 0 atom stereocenters. The minimum atomic E-state index is -4.94. The zero-order valence-corrected chi connectivity index (χ0v) is 62.8. The summed E-state index contributed by atoms with van der Waals surface area (Å²) >= 11 is 3.70. The molecular formula is C53H88ClCu2NO4SSi8Ti2. The molecule has 0 aliphatic heterocycles. The van der Waals surface area contributed by atoms with Crippen LogP contribution in [0.3, 0.4) is 0 Å². The fraction of sp³-hybridized carbons (Fsp3) is 0.453. The van der Waals surface area contributed by atoms with Crippen LogP contribution in [0.25, 0.3) is 0 Å². The first-order chi connectivity index (χ1) is 30.1. The van der Waals surface area contributed by atoms with Gasteiger partial charge in [-0.15, -0.1) is 10.2 Å². The van der Waals surface area contributed by atoms with Gasteiger partial charge in [0, 0.05) is 16.1 Å². The normalized spacial score (nSPS) is 10.3. The van der Waals surface area contributed by atoms with Gasteiger partial charge in [0.05, 0.1) is 48.4 Å². The number of hydrogen-bond donors (Lipinski definition) is 0. The molecule has 19 heteroatoms. The second kappa shape index (κ2) is 45.7. The topological polar surface area (TPSA) is 116 Å². The molecule has 0 unspecified atom stereocenters. The van der Waals surface area contributed by atoms with Crippen molar-refractivity contribution in [2.24, 2.45) is 0 Å². The van der Waals surface area contributed by atoms with Gasteiger partial charge in [0.1, 0.15) is 0 Å². The van der Waals surface area contributed by atoms with Gasteiger partial charge in [0.2, 0.25) is 0 Å². The molecule has 0 amide bonds. The molecule has 72 heavy (non-hydrogen) atoms. The van der Waals surface area contributed by atoms with Crippen molar-refractivity contribution >= 4 is 98.0 Å². The molecule has 4 aromatic rings. The fourth-order valence-electron chi connectivity index (χ4n) is 3.50. The molecule has 0 radical (unpaired) electrons. The van der Waals surface area contributed by atoms with Crippen molar-refractivity contribution in [2.75, 3.05) is 0 Å². The Hall–Kier alpha value is -0.317. The smallest absolute Gasteiger partial charge is 0.701 e. The Morgan fingerprint density at radius 3 is 0.667 bits per heavy atom. The summed E-state index contributed by atoms with van der Waals surface area (Å²) in [5.74, 6) is 0. The van der Waals surface area contributed by atoms with Crippen LogP contribution in [-0.4, -0.2) is 64.6 Å². The average molecular weight is 1320 g/mol. The molecule has 0 saturated carbocycles. The largest absolute Gasteiger partial charge is 4.00 e. The molecule has 4 rings (SSSR count). The van der Waals surface area contributed by atoms with E-state index >= 15 is 0 Å². The zero-order chi connectivity index (χ0) is 55.7. The molecule has 0 aliphatic carbocycles. The Labute approximate surface area is 511 Å². The number of rotatable bonds is 4. The van der Waals surface area contributed by atoms with Crippen LogP contribution in [0.5, 0.6) is 0 Å². The minimum absolute atomic E-state index is 0. The van der Waals surface area contributed by atoms with Crippen LogP contribution in [0.4, 0.5) is 0 Å². The van der Waals surface area contributed by atoms with E-state index in [0.717, 1.165) is 0 Å². The first kappa shape index (κ1) is 94.1. The van der Waals surface area contributed by atoms with E-state index < -0.39 is 74.8 Å². The number of nitrogens with zero attached hydrogens (tertiary/aromatic N) is 1. The van der Waals surface area contributed by atoms with Crippen LogP contribution in [0.15, 0.2) is 97.1 Å². The third-order valence-corrected chi connectivity index (χ3v) is 18.9. The summed E-state index contributed by atoms with van der Waals surface area (Å²) in [6, 6.07) is 34.8. The summed E-state index contributed by atoms with van der Waals surface area (Å²) in [4.78, 5) is 0. The summed E-state index contributed by atoms with van der Waals surface area (Å²) in [5, 5.41) is 14.7. The molecule has 0 saturated heterocycles. The van der Waals surface area contributed by atoms with Crippen LogP contribution in [-0.2, 0) is 90.2 Å². The van der Waals surface area contributed by atoms with E-state index in [0.29, 0.717) is 0 Å². The summed E-state index contributed by atoms with van der Waals surface area (Å²) < 4.78 is 34.0. The zero-order valence-electron chi connectivity index (χ0n) is 48.2. The molecule has 0 fully saturated rings. The summed E-state index contributed by atoms with van der Waals surface area (Å²) in [7, 11) is -13.7. The minimum Gasteiger partial charge on any atom is -0.701 e. The van der Waals surface area contributed by atoms with Crippen LogP contribution in [0.2, 0.25) is 157 Å². The third kappa shape index (κ3) is 81.1. The van der Waals surface area contributed by atoms with Crippen molar-refractivity contribution in [2.45, 2.75) is 157 Å². The Morgan fingerprint density at radius 2 is 0.611 bits per heavy atom. The molecule has 0 aromatic heterocycles. The van der Waals surface area contributed by atoms with E-state index in [1.807, 2.05) is 0 Å². The van der Waals surface area contributed by atoms with Crippen LogP contribution in [0, 0.1) is 68.8 Å². The maximum absolute atomic E-state index is 8.49. The first-order valence-corrected chi connectivity index (χ1v) is 52.0. The second-order valence-corrected chi connectivity index (χ2v) is 63.9. The maximum atomic E-state index is 8.49. The molecule has 0 spiro atoms. The molecule has 5 nitrogen and oxygen atoms in total. The molecule has 0 heterocycles. The SMILES string of the molecule is C[Si](C)(C)c1cc[cH-]c1.C[Si](C)(C)c1cc[cH-]c1.C[Si](C)(C)c1ccc[cH-]1.C[Si](C)(C)c1ccc[cH-]1.N#C[S-].[C-]#C[Si](C)(C)C.[C-]#C[Si](C)(C)C.[C-]#C[Si](C)(C)C.[C-]#C[Si](C)(C)C.[Cu+].[Cu+].[O-][Cl+3]([O-])([O-])[O-].[Ti+4].[Ti+4]. The van der Waals surface area contributed by atoms with Crippen molar-refractivity contribution in [1.29, 1.82) is 5.26 Å². The van der Waals surface area contributed by atoms with E-state index in [1.54, 1.807) is 20.7 Å². The van der Waals surface area contributed by atoms with E-state index in [2.05, 4.69) is 289 Å². The van der Waals surface area contributed by atoms with Gasteiger partial charge in [-0.2, -0.15) is 71.0 Å². The van der Waals surface area contributed by atoms with Crippen LogP contribution in [0.1, 0.15) is 0 Å². The molecule has 4 aromatic carbocycles. The number of hydrogen-bond acceptors (Lipinski definition) is 6.